The highest BCUT2D eigenvalue weighted by Crippen LogP contribution is 2.32. The van der Waals surface area contributed by atoms with E-state index in [9.17, 15) is 18.8 Å². The second-order valence-corrected chi connectivity index (χ2v) is 4.85. The first-order chi connectivity index (χ1) is 10.3. The lowest BCUT2D eigenvalue weighted by Crippen LogP contribution is -2.17. The molecule has 0 saturated heterocycles. The Morgan fingerprint density at radius 3 is 2.50 bits per heavy atom. The number of methoxy groups -OCH3 is 1. The molecule has 0 fully saturated rings. The molecule has 1 aromatic carbocycles. The molecule has 0 unspecified atom stereocenters. The van der Waals surface area contributed by atoms with E-state index in [1.54, 1.807) is 0 Å². The minimum Gasteiger partial charge on any atom is -0.464 e. The highest BCUT2D eigenvalue weighted by molar-refractivity contribution is 6.11. The fourth-order valence-corrected chi connectivity index (χ4v) is 2.33. The second-order valence-electron chi connectivity index (χ2n) is 4.85. The molecule has 0 aliphatic carbocycles. The van der Waals surface area contributed by atoms with Crippen molar-refractivity contribution in [2.75, 3.05) is 12.4 Å². The van der Waals surface area contributed by atoms with Crippen molar-refractivity contribution in [3.8, 4) is 0 Å². The van der Waals surface area contributed by atoms with E-state index in [0.717, 1.165) is 0 Å². The van der Waals surface area contributed by atoms with Gasteiger partial charge in [-0.25, -0.2) is 9.18 Å². The molecule has 0 saturated carbocycles. The molecule has 0 atom stereocenters. The minimum absolute atomic E-state index is 0.00787. The van der Waals surface area contributed by atoms with Crippen LogP contribution in [0.4, 0.5) is 10.1 Å². The van der Waals surface area contributed by atoms with Crippen molar-refractivity contribution >= 4 is 34.3 Å². The molecule has 0 aliphatic rings. The van der Waals surface area contributed by atoms with E-state index in [4.69, 9.17) is 4.74 Å². The number of Topliss-reactive ketones (excluding diaryl/α,β-unsaturated/α-hetero) is 1. The second kappa shape index (κ2) is 5.97. The van der Waals surface area contributed by atoms with E-state index >= 15 is 0 Å². The summed E-state index contributed by atoms with van der Waals surface area (Å²) in [6.45, 7) is 2.55. The first-order valence-electron chi connectivity index (χ1n) is 6.52. The van der Waals surface area contributed by atoms with Crippen molar-refractivity contribution in [1.82, 2.24) is 4.57 Å². The molecule has 116 valence electrons. The van der Waals surface area contributed by atoms with Crippen molar-refractivity contribution in [3.05, 3.63) is 29.7 Å². The van der Waals surface area contributed by atoms with E-state index in [0.29, 0.717) is 10.9 Å². The summed E-state index contributed by atoms with van der Waals surface area (Å²) < 4.78 is 19.7. The average Bonchev–Trinajstić information content (AvgIpc) is 2.70. The van der Waals surface area contributed by atoms with Crippen LogP contribution in [0.5, 0.6) is 0 Å². The normalized spacial score (nSPS) is 10.5. The van der Waals surface area contributed by atoms with Gasteiger partial charge in [-0.2, -0.15) is 0 Å². The molecule has 0 aliphatic heterocycles. The number of nitrogens with one attached hydrogen (secondary N) is 1. The van der Waals surface area contributed by atoms with Crippen LogP contribution in [-0.2, 0) is 20.9 Å². The van der Waals surface area contributed by atoms with Crippen LogP contribution >= 0.6 is 0 Å². The third kappa shape index (κ3) is 2.83. The van der Waals surface area contributed by atoms with Crippen LogP contribution in [0.25, 0.3) is 10.9 Å². The zero-order chi connectivity index (χ0) is 16.4. The van der Waals surface area contributed by atoms with Gasteiger partial charge in [0.15, 0.2) is 5.69 Å². The van der Waals surface area contributed by atoms with Crippen LogP contribution in [-0.4, -0.2) is 29.3 Å². The van der Waals surface area contributed by atoms with Gasteiger partial charge in [0.05, 0.1) is 24.9 Å². The Labute approximate surface area is 125 Å². The fraction of sp³-hybridized carbons (Fsp3) is 0.267. The Balaban J connectivity index is 2.85. The third-order valence-electron chi connectivity index (χ3n) is 3.09. The molecule has 6 nitrogen and oxygen atoms in total. The Hall–Kier alpha value is -2.70. The largest absolute Gasteiger partial charge is 0.464 e. The molecule has 7 heteroatoms. The predicted octanol–water partition coefficient (Wildman–Crippen LogP) is 2.11. The smallest absolute Gasteiger partial charge is 0.356 e. The molecule has 2 aromatic rings. The number of carbonyl (C=O) groups is 3. The summed E-state index contributed by atoms with van der Waals surface area (Å²) in [5, 5.41) is 2.84. The highest BCUT2D eigenvalue weighted by atomic mass is 19.1. The SMILES string of the molecule is COC(=O)c1c(NC(C)=O)c2cc(F)ccc2n1CC(C)=O. The van der Waals surface area contributed by atoms with Gasteiger partial charge < -0.3 is 14.6 Å². The number of rotatable bonds is 4. The van der Waals surface area contributed by atoms with Gasteiger partial charge in [-0.1, -0.05) is 0 Å². The number of nitrogens with zero attached hydrogens (tertiary/aromatic N) is 1. The van der Waals surface area contributed by atoms with E-state index in [1.165, 1.54) is 43.7 Å². The van der Waals surface area contributed by atoms with Crippen LogP contribution < -0.4 is 5.32 Å². The Kier molecular flexibility index (Phi) is 4.25. The molecule has 1 aromatic heterocycles. The number of benzene rings is 1. The molecule has 1 N–H and O–H groups in total. The van der Waals surface area contributed by atoms with Gasteiger partial charge in [0.25, 0.3) is 0 Å². The van der Waals surface area contributed by atoms with E-state index < -0.39 is 17.7 Å². The molecular weight excluding hydrogens is 291 g/mol. The number of fused-ring (bicyclic) bond motifs is 1. The summed E-state index contributed by atoms with van der Waals surface area (Å²) in [5.74, 6) is -1.85. The van der Waals surface area contributed by atoms with Crippen LogP contribution in [0.15, 0.2) is 18.2 Å². The lowest BCUT2D eigenvalue weighted by molar-refractivity contribution is -0.117. The Morgan fingerprint density at radius 2 is 1.95 bits per heavy atom. The van der Waals surface area contributed by atoms with Gasteiger partial charge in [-0.05, 0) is 25.1 Å². The maximum absolute atomic E-state index is 13.5. The molecule has 1 heterocycles. The molecule has 22 heavy (non-hydrogen) atoms. The number of hydrogen-bond donors (Lipinski definition) is 1. The third-order valence-corrected chi connectivity index (χ3v) is 3.09. The number of carbonyl (C=O) groups excluding carboxylic acids is 3. The number of aromatic nitrogens is 1. The van der Waals surface area contributed by atoms with E-state index in [2.05, 4.69) is 5.32 Å². The standard InChI is InChI=1S/C15H15FN2O4/c1-8(19)7-18-12-5-4-10(16)6-11(12)13(17-9(2)20)14(18)15(21)22-3/h4-6H,7H2,1-3H3,(H,17,20). The van der Waals surface area contributed by atoms with Crippen molar-refractivity contribution in [2.45, 2.75) is 20.4 Å². The van der Waals surface area contributed by atoms with Crippen LogP contribution in [0.2, 0.25) is 0 Å². The lowest BCUT2D eigenvalue weighted by Gasteiger charge is -2.08. The number of halogens is 1. The minimum atomic E-state index is -0.721. The van der Waals surface area contributed by atoms with Crippen LogP contribution in [0.3, 0.4) is 0 Å². The number of ketones is 1. The van der Waals surface area contributed by atoms with Crippen LogP contribution in [0, 0.1) is 5.82 Å². The number of anilines is 1. The Morgan fingerprint density at radius 1 is 1.27 bits per heavy atom. The molecule has 2 rings (SSSR count). The van der Waals surface area contributed by atoms with E-state index in [-0.39, 0.29) is 23.7 Å². The topological polar surface area (TPSA) is 77.4 Å². The van der Waals surface area contributed by atoms with Crippen molar-refractivity contribution in [1.29, 1.82) is 0 Å². The highest BCUT2D eigenvalue weighted by Gasteiger charge is 2.25. The number of hydrogen-bond acceptors (Lipinski definition) is 4. The van der Waals surface area contributed by atoms with Gasteiger partial charge in [0, 0.05) is 12.3 Å². The van der Waals surface area contributed by atoms with Crippen LogP contribution in [0.1, 0.15) is 24.3 Å². The predicted molar refractivity (Wildman–Crippen MR) is 78.2 cm³/mol. The summed E-state index contributed by atoms with van der Waals surface area (Å²) >= 11 is 0. The zero-order valence-corrected chi connectivity index (χ0v) is 12.4. The zero-order valence-electron chi connectivity index (χ0n) is 12.4. The molecule has 0 radical (unpaired) electrons. The number of amides is 1. The average molecular weight is 306 g/mol. The van der Waals surface area contributed by atoms with E-state index in [1.807, 2.05) is 0 Å². The summed E-state index contributed by atoms with van der Waals surface area (Å²) in [6, 6.07) is 3.87. The summed E-state index contributed by atoms with van der Waals surface area (Å²) in [4.78, 5) is 35.0. The molecular formula is C15H15FN2O4. The molecule has 0 bridgehead atoms. The summed E-state index contributed by atoms with van der Waals surface area (Å²) in [7, 11) is 1.19. The lowest BCUT2D eigenvalue weighted by atomic mass is 10.2. The van der Waals surface area contributed by atoms with Gasteiger partial charge in [-0.3, -0.25) is 9.59 Å². The van der Waals surface area contributed by atoms with Crippen molar-refractivity contribution in [3.63, 3.8) is 0 Å². The van der Waals surface area contributed by atoms with Crippen molar-refractivity contribution in [2.24, 2.45) is 0 Å². The number of ether oxygens (including phenoxy) is 1. The van der Waals surface area contributed by atoms with Gasteiger partial charge in [-0.15, -0.1) is 0 Å². The van der Waals surface area contributed by atoms with Crippen molar-refractivity contribution < 1.29 is 23.5 Å². The fourth-order valence-electron chi connectivity index (χ4n) is 2.33. The maximum atomic E-state index is 13.5. The molecule has 1 amide bonds. The van der Waals surface area contributed by atoms with Gasteiger partial charge in [0.1, 0.15) is 11.6 Å². The monoisotopic (exact) mass is 306 g/mol. The quantitative estimate of drug-likeness (QED) is 0.878. The summed E-state index contributed by atoms with van der Waals surface area (Å²) in [6.07, 6.45) is 0. The summed E-state index contributed by atoms with van der Waals surface area (Å²) in [5.41, 5.74) is 0.601. The first-order valence-corrected chi connectivity index (χ1v) is 6.52. The molecule has 0 spiro atoms. The van der Waals surface area contributed by atoms with Gasteiger partial charge in [0.2, 0.25) is 5.91 Å². The number of esters is 1. The Bertz CT molecular complexity index is 779. The van der Waals surface area contributed by atoms with Gasteiger partial charge >= 0.3 is 5.97 Å². The maximum Gasteiger partial charge on any atom is 0.356 e. The first kappa shape index (κ1) is 15.7.